The molecule has 1 aliphatic carbocycles. The van der Waals surface area contributed by atoms with Crippen molar-refractivity contribution in [3.8, 4) is 45.4 Å². The highest BCUT2D eigenvalue weighted by Gasteiger charge is 2.51. The first-order chi connectivity index (χ1) is 23.3. The summed E-state index contributed by atoms with van der Waals surface area (Å²) in [5, 5.41) is 17.9. The van der Waals surface area contributed by atoms with E-state index in [0.717, 1.165) is 30.4 Å². The maximum Gasteiger partial charge on any atom is 0.237 e. The molecule has 0 radical (unpaired) electrons. The average Bonchev–Trinajstić information content (AvgIpc) is 3.86. The van der Waals surface area contributed by atoms with E-state index in [4.69, 9.17) is 47.6 Å². The van der Waals surface area contributed by atoms with Crippen molar-refractivity contribution >= 4 is 29.1 Å². The van der Waals surface area contributed by atoms with Gasteiger partial charge in [0, 0.05) is 67.4 Å². The number of aliphatic hydroxyl groups is 1. The number of carbonyl (C=O) groups is 1. The molecule has 1 saturated carbocycles. The molecule has 3 fully saturated rings. The molecule has 1 unspecified atom stereocenters. The van der Waals surface area contributed by atoms with Gasteiger partial charge in [0.15, 0.2) is 0 Å². The van der Waals surface area contributed by atoms with Crippen molar-refractivity contribution in [1.29, 1.82) is 0 Å². The van der Waals surface area contributed by atoms with Gasteiger partial charge in [-0.1, -0.05) is 59.6 Å². The number of nitrogens with zero attached hydrogens (tertiary/aromatic N) is 5. The van der Waals surface area contributed by atoms with E-state index in [1.54, 1.807) is 26.6 Å². The van der Waals surface area contributed by atoms with Gasteiger partial charge < -0.3 is 25.2 Å². The summed E-state index contributed by atoms with van der Waals surface area (Å²) in [6.45, 7) is 2.90. The molecule has 3 aliphatic rings. The Kier molecular flexibility index (Phi) is 9.23. The molecule has 2 aromatic heterocycles. The fourth-order valence-electron chi connectivity index (χ4n) is 6.61. The molecule has 7 rings (SSSR count). The van der Waals surface area contributed by atoms with E-state index >= 15 is 0 Å². The van der Waals surface area contributed by atoms with Gasteiger partial charge in [0.1, 0.15) is 11.4 Å². The Labute approximate surface area is 289 Å². The van der Waals surface area contributed by atoms with Gasteiger partial charge in [-0.05, 0) is 25.2 Å². The van der Waals surface area contributed by atoms with Crippen LogP contribution in [0.3, 0.4) is 0 Å². The lowest BCUT2D eigenvalue weighted by atomic mass is 9.88. The van der Waals surface area contributed by atoms with Gasteiger partial charge in [-0.15, -0.1) is 0 Å². The standard InChI is InChI=1S/C35H37Cl2N7O4/c1-47-33-28(14-38-13-21-11-12-30(45)41-21)39-15-26(42-33)24-7-3-5-22(31(24)36)23-6-4-8-25(32(23)37)27-16-40-29(34(43-27)48-2)17-44-18-35(46,19-44)20-9-10-20/h3-8,15-16,20-21,38,46H,9-14,17-19H2,1-2H3,(H,41,45). The van der Waals surface area contributed by atoms with Crippen LogP contribution in [0.4, 0.5) is 0 Å². The van der Waals surface area contributed by atoms with Gasteiger partial charge in [0.05, 0.1) is 53.6 Å². The predicted molar refractivity (Wildman–Crippen MR) is 183 cm³/mol. The van der Waals surface area contributed by atoms with E-state index in [-0.39, 0.29) is 11.9 Å². The predicted octanol–water partition coefficient (Wildman–Crippen LogP) is 4.92. The van der Waals surface area contributed by atoms with Crippen LogP contribution in [0.5, 0.6) is 11.8 Å². The Balaban J connectivity index is 1.10. The van der Waals surface area contributed by atoms with Crippen LogP contribution in [0.2, 0.25) is 10.0 Å². The van der Waals surface area contributed by atoms with E-state index in [0.29, 0.717) is 101 Å². The summed E-state index contributed by atoms with van der Waals surface area (Å²) in [4.78, 5) is 32.5. The molecule has 11 nitrogen and oxygen atoms in total. The Bertz CT molecular complexity index is 1850. The first-order valence-electron chi connectivity index (χ1n) is 16.1. The quantitative estimate of drug-likeness (QED) is 0.188. The fraction of sp³-hybridized carbons (Fsp3) is 0.400. The summed E-state index contributed by atoms with van der Waals surface area (Å²) in [5.74, 6) is 1.32. The molecular weight excluding hydrogens is 653 g/mol. The van der Waals surface area contributed by atoms with Crippen LogP contribution in [0, 0.1) is 5.92 Å². The summed E-state index contributed by atoms with van der Waals surface area (Å²) in [6.07, 6.45) is 6.97. The van der Waals surface area contributed by atoms with Crippen molar-refractivity contribution in [3.05, 3.63) is 70.2 Å². The highest BCUT2D eigenvalue weighted by atomic mass is 35.5. The number of rotatable bonds is 12. The molecule has 2 aliphatic heterocycles. The summed E-state index contributed by atoms with van der Waals surface area (Å²) in [6, 6.07) is 11.5. The maximum absolute atomic E-state index is 11.5. The number of hydrogen-bond acceptors (Lipinski definition) is 10. The van der Waals surface area contributed by atoms with Crippen LogP contribution >= 0.6 is 23.2 Å². The third-order valence-corrected chi connectivity index (χ3v) is 10.1. The van der Waals surface area contributed by atoms with Crippen LogP contribution in [0.25, 0.3) is 33.6 Å². The molecule has 2 saturated heterocycles. The molecule has 250 valence electrons. The van der Waals surface area contributed by atoms with Crippen LogP contribution in [0.15, 0.2) is 48.8 Å². The zero-order chi connectivity index (χ0) is 33.4. The van der Waals surface area contributed by atoms with Crippen LogP contribution < -0.4 is 20.1 Å². The summed E-state index contributed by atoms with van der Waals surface area (Å²) in [7, 11) is 3.14. The lowest BCUT2D eigenvalue weighted by Crippen LogP contribution is -2.62. The molecule has 0 bridgehead atoms. The minimum atomic E-state index is -0.566. The Morgan fingerprint density at radius 2 is 1.46 bits per heavy atom. The van der Waals surface area contributed by atoms with E-state index in [1.807, 2.05) is 36.4 Å². The van der Waals surface area contributed by atoms with E-state index in [1.165, 1.54) is 0 Å². The zero-order valence-electron chi connectivity index (χ0n) is 26.8. The number of β-amino-alcohol motifs (C(OH)–C–C–N with tert-alkyl or cyclic N) is 1. The van der Waals surface area contributed by atoms with Crippen molar-refractivity contribution in [2.75, 3.05) is 33.9 Å². The number of nitrogens with one attached hydrogen (secondary N) is 2. The van der Waals surface area contributed by atoms with Gasteiger partial charge in [0.2, 0.25) is 17.7 Å². The second-order valence-electron chi connectivity index (χ2n) is 12.7. The van der Waals surface area contributed by atoms with Gasteiger partial charge in [-0.3, -0.25) is 19.7 Å². The smallest absolute Gasteiger partial charge is 0.237 e. The van der Waals surface area contributed by atoms with Crippen molar-refractivity contribution in [1.82, 2.24) is 35.5 Å². The topological polar surface area (TPSA) is 135 Å². The maximum atomic E-state index is 11.5. The van der Waals surface area contributed by atoms with Crippen molar-refractivity contribution in [2.24, 2.45) is 5.92 Å². The molecule has 2 aromatic carbocycles. The Hall–Kier alpha value is -3.87. The second kappa shape index (κ2) is 13.6. The third kappa shape index (κ3) is 6.57. The molecule has 4 aromatic rings. The molecule has 0 spiro atoms. The minimum Gasteiger partial charge on any atom is -0.480 e. The third-order valence-electron chi connectivity index (χ3n) is 9.32. The molecular formula is C35H37Cl2N7O4. The number of carbonyl (C=O) groups excluding carboxylic acids is 1. The average molecular weight is 691 g/mol. The number of amides is 1. The van der Waals surface area contributed by atoms with Gasteiger partial charge in [0.25, 0.3) is 0 Å². The molecule has 3 N–H and O–H groups in total. The monoisotopic (exact) mass is 689 g/mol. The summed E-state index contributed by atoms with van der Waals surface area (Å²) < 4.78 is 11.2. The van der Waals surface area contributed by atoms with Crippen LogP contribution in [0.1, 0.15) is 37.1 Å². The molecule has 48 heavy (non-hydrogen) atoms. The summed E-state index contributed by atoms with van der Waals surface area (Å²) >= 11 is 14.1. The van der Waals surface area contributed by atoms with E-state index < -0.39 is 5.60 Å². The minimum absolute atomic E-state index is 0.0836. The first kappa shape index (κ1) is 32.7. The number of halogens is 2. The fourth-order valence-corrected chi connectivity index (χ4v) is 7.26. The van der Waals surface area contributed by atoms with Gasteiger partial charge in [-0.25, -0.2) is 9.97 Å². The number of hydrogen-bond donors (Lipinski definition) is 3. The van der Waals surface area contributed by atoms with Crippen molar-refractivity contribution in [3.63, 3.8) is 0 Å². The lowest BCUT2D eigenvalue weighted by Gasteiger charge is -2.47. The number of benzene rings is 2. The number of likely N-dealkylation sites (tertiary alicyclic amines) is 1. The molecule has 1 atom stereocenters. The number of methoxy groups -OCH3 is 2. The largest absolute Gasteiger partial charge is 0.480 e. The summed E-state index contributed by atoms with van der Waals surface area (Å²) in [5.41, 5.74) is 4.75. The Morgan fingerprint density at radius 1 is 0.896 bits per heavy atom. The number of ether oxygens (including phenoxy) is 2. The highest BCUT2D eigenvalue weighted by Crippen LogP contribution is 2.45. The van der Waals surface area contributed by atoms with Crippen LogP contribution in [-0.2, 0) is 17.9 Å². The van der Waals surface area contributed by atoms with Crippen LogP contribution in [-0.4, -0.2) is 81.3 Å². The van der Waals surface area contributed by atoms with E-state index in [2.05, 4.69) is 20.5 Å². The Morgan fingerprint density at radius 3 is 2.00 bits per heavy atom. The first-order valence-corrected chi connectivity index (χ1v) is 16.8. The molecule has 4 heterocycles. The zero-order valence-corrected chi connectivity index (χ0v) is 28.3. The SMILES string of the molecule is COc1nc(-c2cccc(-c3cccc(-c4cnc(CN5CC(O)(C6CC6)C5)c(OC)n4)c3Cl)c2Cl)cnc1CNCC1CCC(=O)N1. The second-order valence-corrected chi connectivity index (χ2v) is 13.5. The van der Waals surface area contributed by atoms with Crippen molar-refractivity contribution < 1.29 is 19.4 Å². The number of aromatic nitrogens is 4. The molecule has 13 heteroatoms. The van der Waals surface area contributed by atoms with Gasteiger partial charge >= 0.3 is 0 Å². The lowest BCUT2D eigenvalue weighted by molar-refractivity contribution is -0.119. The van der Waals surface area contributed by atoms with E-state index in [9.17, 15) is 9.90 Å². The highest BCUT2D eigenvalue weighted by molar-refractivity contribution is 6.39. The normalized spacial score (nSPS) is 18.8. The van der Waals surface area contributed by atoms with Gasteiger partial charge in [-0.2, -0.15) is 0 Å². The molecule has 1 amide bonds. The van der Waals surface area contributed by atoms with Crippen molar-refractivity contribution in [2.45, 2.75) is 50.4 Å².